The Labute approximate surface area is 324 Å². The zero-order chi connectivity index (χ0) is 38.1. The molecule has 4 aliphatic rings. The second-order valence-electron chi connectivity index (χ2n) is 16.0. The van der Waals surface area contributed by atoms with E-state index in [9.17, 15) is 19.5 Å². The number of piperazine rings is 1. The minimum absolute atomic E-state index is 0.126. The number of hydrogen-bond donors (Lipinski definition) is 2. The zero-order valence-corrected chi connectivity index (χ0v) is 32.0. The average molecular weight is 738 g/mol. The molecule has 9 nitrogen and oxygen atoms in total. The molecule has 3 fully saturated rings. The lowest BCUT2D eigenvalue weighted by Gasteiger charge is -2.45. The number of piperidine rings is 2. The number of allylic oxidation sites excluding steroid dienone is 1. The van der Waals surface area contributed by atoms with Crippen LogP contribution in [0.3, 0.4) is 0 Å². The normalized spacial score (nSPS) is 20.7. The molecule has 0 aromatic heterocycles. The number of imide groups is 1. The fourth-order valence-electron chi connectivity index (χ4n) is 9.07. The van der Waals surface area contributed by atoms with Crippen molar-refractivity contribution in [1.82, 2.24) is 15.1 Å². The first-order chi connectivity index (χ1) is 26.7. The molecular formula is C46H51N5O4. The highest BCUT2D eigenvalue weighted by Crippen LogP contribution is 2.38. The van der Waals surface area contributed by atoms with Crippen molar-refractivity contribution in [1.29, 1.82) is 0 Å². The maximum atomic E-state index is 13.2. The molecule has 0 radical (unpaired) electrons. The molecule has 1 unspecified atom stereocenters. The monoisotopic (exact) mass is 737 g/mol. The van der Waals surface area contributed by atoms with Crippen LogP contribution in [0.15, 0.2) is 97.1 Å². The Kier molecular flexibility index (Phi) is 10.2. The standard InChI is InChI=1S/C46H51N5O4/c1-3-39(32-7-5-4-6-8-32)43(34-11-16-38(52)17-12-34)33-9-13-36(14-10-33)49-23-21-46(2,22-24-49)31-48-25-27-50(28-26-48)37-15-18-40-35(29-37)30-51(45(40)55)41-19-20-42(53)47-44(41)54/h4-18,29,41,52H,3,19-28,30-31H2,1-2H3,(H,47,53,54)/b43-39+. The lowest BCUT2D eigenvalue weighted by molar-refractivity contribution is -0.136. The van der Waals surface area contributed by atoms with Crippen molar-refractivity contribution < 1.29 is 19.5 Å². The number of benzene rings is 4. The van der Waals surface area contributed by atoms with Gasteiger partial charge in [0.05, 0.1) is 0 Å². The number of carbonyl (C=O) groups is 3. The molecule has 4 heterocycles. The highest BCUT2D eigenvalue weighted by Gasteiger charge is 2.39. The van der Waals surface area contributed by atoms with Crippen molar-refractivity contribution >= 4 is 40.2 Å². The van der Waals surface area contributed by atoms with Crippen LogP contribution in [0.1, 0.15) is 78.6 Å². The van der Waals surface area contributed by atoms with Crippen LogP contribution in [0.2, 0.25) is 0 Å². The van der Waals surface area contributed by atoms with Gasteiger partial charge in [0.25, 0.3) is 5.91 Å². The Morgan fingerprint density at radius 3 is 2.05 bits per heavy atom. The van der Waals surface area contributed by atoms with Gasteiger partial charge in [-0.05, 0) is 107 Å². The Bertz CT molecular complexity index is 2080. The average Bonchev–Trinajstić information content (AvgIpc) is 3.53. The molecule has 4 aromatic carbocycles. The minimum Gasteiger partial charge on any atom is -0.508 e. The van der Waals surface area contributed by atoms with Crippen LogP contribution in [0, 0.1) is 5.41 Å². The Morgan fingerprint density at radius 2 is 1.40 bits per heavy atom. The van der Waals surface area contributed by atoms with Gasteiger partial charge in [0.1, 0.15) is 11.8 Å². The molecular weight excluding hydrogens is 687 g/mol. The topological polar surface area (TPSA) is 96.4 Å². The fraction of sp³-hybridized carbons (Fsp3) is 0.370. The summed E-state index contributed by atoms with van der Waals surface area (Å²) in [5.74, 6) is -0.499. The molecule has 3 amide bonds. The van der Waals surface area contributed by atoms with Gasteiger partial charge in [0, 0.05) is 75.7 Å². The SMILES string of the molecule is CC/C(=C(\c1ccc(O)cc1)c1ccc(N2CCC(C)(CN3CCN(c4ccc5c(c4)CN(C4CCC(=O)NC4=O)C5=O)CC3)CC2)cc1)c1ccccc1. The quantitative estimate of drug-likeness (QED) is 0.142. The van der Waals surface area contributed by atoms with Crippen molar-refractivity contribution in [3.05, 3.63) is 125 Å². The number of hydrogen-bond acceptors (Lipinski definition) is 7. The van der Waals surface area contributed by atoms with Gasteiger partial charge in [-0.2, -0.15) is 0 Å². The van der Waals surface area contributed by atoms with Crippen LogP contribution < -0.4 is 15.1 Å². The van der Waals surface area contributed by atoms with Crippen LogP contribution in [0.25, 0.3) is 11.1 Å². The molecule has 3 saturated heterocycles. The van der Waals surface area contributed by atoms with Gasteiger partial charge >= 0.3 is 0 Å². The van der Waals surface area contributed by atoms with Gasteiger partial charge in [0.15, 0.2) is 0 Å². The maximum Gasteiger partial charge on any atom is 0.255 e. The summed E-state index contributed by atoms with van der Waals surface area (Å²) in [4.78, 5) is 46.5. The van der Waals surface area contributed by atoms with Crippen LogP contribution in [-0.2, 0) is 16.1 Å². The smallest absolute Gasteiger partial charge is 0.255 e. The Balaban J connectivity index is 0.868. The summed E-state index contributed by atoms with van der Waals surface area (Å²) in [6.45, 7) is 12.1. The molecule has 0 spiro atoms. The molecule has 284 valence electrons. The maximum absolute atomic E-state index is 13.2. The molecule has 4 aliphatic heterocycles. The zero-order valence-electron chi connectivity index (χ0n) is 32.0. The molecule has 4 aromatic rings. The molecule has 55 heavy (non-hydrogen) atoms. The van der Waals surface area contributed by atoms with E-state index in [0.29, 0.717) is 18.5 Å². The van der Waals surface area contributed by atoms with E-state index in [1.807, 2.05) is 24.3 Å². The number of nitrogens with zero attached hydrogens (tertiary/aromatic N) is 4. The minimum atomic E-state index is -0.592. The van der Waals surface area contributed by atoms with E-state index in [1.165, 1.54) is 28.0 Å². The largest absolute Gasteiger partial charge is 0.508 e. The van der Waals surface area contributed by atoms with E-state index in [4.69, 9.17) is 0 Å². The number of amides is 3. The summed E-state index contributed by atoms with van der Waals surface area (Å²) >= 11 is 0. The van der Waals surface area contributed by atoms with Gasteiger partial charge < -0.3 is 19.8 Å². The van der Waals surface area contributed by atoms with Crippen LogP contribution in [-0.4, -0.2) is 84.5 Å². The van der Waals surface area contributed by atoms with Gasteiger partial charge in [-0.25, -0.2) is 0 Å². The predicted octanol–water partition coefficient (Wildman–Crippen LogP) is 6.95. The molecule has 1 atom stereocenters. The van der Waals surface area contributed by atoms with Gasteiger partial charge in [-0.1, -0.05) is 68.4 Å². The molecule has 8 rings (SSSR count). The number of phenolic OH excluding ortho intramolecular Hbond substituents is 1. The number of fused-ring (bicyclic) bond motifs is 1. The van der Waals surface area contributed by atoms with Crippen molar-refractivity contribution in [2.45, 2.75) is 58.5 Å². The summed E-state index contributed by atoms with van der Waals surface area (Å²) < 4.78 is 0. The molecule has 9 heteroatoms. The van der Waals surface area contributed by atoms with E-state index >= 15 is 0 Å². The first-order valence-electron chi connectivity index (χ1n) is 19.9. The van der Waals surface area contributed by atoms with Crippen LogP contribution >= 0.6 is 0 Å². The van der Waals surface area contributed by atoms with Gasteiger partial charge in [-0.3, -0.25) is 24.6 Å². The summed E-state index contributed by atoms with van der Waals surface area (Å²) in [6.07, 6.45) is 3.81. The second kappa shape index (κ2) is 15.4. The third-order valence-corrected chi connectivity index (χ3v) is 12.3. The third-order valence-electron chi connectivity index (χ3n) is 12.3. The number of aromatic hydroxyl groups is 1. The predicted molar refractivity (Wildman–Crippen MR) is 218 cm³/mol. The van der Waals surface area contributed by atoms with Crippen LogP contribution in [0.4, 0.5) is 11.4 Å². The molecule has 0 bridgehead atoms. The van der Waals surface area contributed by atoms with E-state index < -0.39 is 6.04 Å². The van der Waals surface area contributed by atoms with Crippen molar-refractivity contribution in [2.75, 3.05) is 55.6 Å². The summed E-state index contributed by atoms with van der Waals surface area (Å²) in [5.41, 5.74) is 10.2. The van der Waals surface area contributed by atoms with E-state index in [-0.39, 0.29) is 35.3 Å². The summed E-state index contributed by atoms with van der Waals surface area (Å²) in [5, 5.41) is 12.4. The first kappa shape index (κ1) is 36.6. The Morgan fingerprint density at radius 1 is 0.764 bits per heavy atom. The van der Waals surface area contributed by atoms with E-state index in [0.717, 1.165) is 81.9 Å². The number of nitrogens with one attached hydrogen (secondary N) is 1. The summed E-state index contributed by atoms with van der Waals surface area (Å²) in [7, 11) is 0. The number of rotatable bonds is 9. The Hall–Kier alpha value is -5.41. The molecule has 0 saturated carbocycles. The molecule has 2 N–H and O–H groups in total. The lowest BCUT2D eigenvalue weighted by Crippen LogP contribution is -2.52. The van der Waals surface area contributed by atoms with E-state index in [1.54, 1.807) is 17.0 Å². The number of phenols is 1. The van der Waals surface area contributed by atoms with Gasteiger partial charge in [-0.15, -0.1) is 0 Å². The number of carbonyl (C=O) groups excluding carboxylic acids is 3. The van der Waals surface area contributed by atoms with E-state index in [2.05, 4.69) is 94.5 Å². The highest BCUT2D eigenvalue weighted by atomic mass is 16.3. The highest BCUT2D eigenvalue weighted by molar-refractivity contribution is 6.05. The van der Waals surface area contributed by atoms with Crippen molar-refractivity contribution in [3.63, 3.8) is 0 Å². The summed E-state index contributed by atoms with van der Waals surface area (Å²) in [6, 6.07) is 32.7. The molecule has 0 aliphatic carbocycles. The van der Waals surface area contributed by atoms with Crippen molar-refractivity contribution in [2.24, 2.45) is 5.41 Å². The fourth-order valence-corrected chi connectivity index (χ4v) is 9.07. The van der Waals surface area contributed by atoms with Crippen LogP contribution in [0.5, 0.6) is 5.75 Å². The lowest BCUT2D eigenvalue weighted by atomic mass is 9.79. The first-order valence-corrected chi connectivity index (χ1v) is 19.9. The van der Waals surface area contributed by atoms with Crippen molar-refractivity contribution in [3.8, 4) is 5.75 Å². The van der Waals surface area contributed by atoms with Gasteiger partial charge in [0.2, 0.25) is 11.8 Å². The second-order valence-corrected chi connectivity index (χ2v) is 16.0. The third kappa shape index (κ3) is 7.63. The number of anilines is 2.